The van der Waals surface area contributed by atoms with Crippen LogP contribution in [0.1, 0.15) is 53.0 Å². The lowest BCUT2D eigenvalue weighted by Crippen LogP contribution is -2.61. The molecular weight excluding hydrogens is 566 g/mol. The Hall–Kier alpha value is -4.42. The van der Waals surface area contributed by atoms with E-state index in [2.05, 4.69) is 31.6 Å². The molecule has 6 amide bonds. The minimum Gasteiger partial charge on any atom is -0.361 e. The Balaban J connectivity index is 1.66. The van der Waals surface area contributed by atoms with Crippen LogP contribution in [0.5, 0.6) is 0 Å². The van der Waals surface area contributed by atoms with E-state index >= 15 is 0 Å². The second kappa shape index (κ2) is 13.9. The fraction of sp³-hybridized carbons (Fsp3) is 0.548. The van der Waals surface area contributed by atoms with Crippen LogP contribution in [0.25, 0.3) is 10.9 Å². The summed E-state index contributed by atoms with van der Waals surface area (Å²) in [7, 11) is 0. The molecule has 1 aromatic heterocycles. The minimum absolute atomic E-state index is 0.110. The van der Waals surface area contributed by atoms with Gasteiger partial charge in [-0.3, -0.25) is 28.8 Å². The van der Waals surface area contributed by atoms with E-state index in [1.54, 1.807) is 33.9 Å². The zero-order chi connectivity index (χ0) is 32.1. The van der Waals surface area contributed by atoms with Gasteiger partial charge in [0.25, 0.3) is 0 Å². The topological polar surface area (TPSA) is 182 Å². The van der Waals surface area contributed by atoms with Crippen LogP contribution >= 0.6 is 0 Å². The zero-order valence-corrected chi connectivity index (χ0v) is 25.9. The lowest BCUT2D eigenvalue weighted by atomic mass is 9.99. The Morgan fingerprint density at radius 2 is 1.52 bits per heavy atom. The van der Waals surface area contributed by atoms with Crippen LogP contribution in [0.2, 0.25) is 0 Å². The van der Waals surface area contributed by atoms with Crippen molar-refractivity contribution in [1.29, 1.82) is 0 Å². The highest BCUT2D eigenvalue weighted by Crippen LogP contribution is 2.22. The first-order valence-electron chi connectivity index (χ1n) is 15.2. The molecule has 0 spiro atoms. The second-order valence-electron chi connectivity index (χ2n) is 12.3. The monoisotopic (exact) mass is 609 g/mol. The van der Waals surface area contributed by atoms with Gasteiger partial charge in [0.2, 0.25) is 35.4 Å². The largest absolute Gasteiger partial charge is 0.361 e. The summed E-state index contributed by atoms with van der Waals surface area (Å²) in [6.07, 6.45) is 2.87. The van der Waals surface area contributed by atoms with Crippen LogP contribution in [0.4, 0.5) is 0 Å². The molecule has 5 atom stereocenters. The summed E-state index contributed by atoms with van der Waals surface area (Å²) in [4.78, 5) is 84.7. The summed E-state index contributed by atoms with van der Waals surface area (Å²) < 4.78 is 0. The number of carbonyl (C=O) groups excluding carboxylic acids is 6. The number of aromatic nitrogens is 1. The number of H-pyrrole nitrogens is 1. The van der Waals surface area contributed by atoms with Gasteiger partial charge in [-0.05, 0) is 43.2 Å². The van der Waals surface area contributed by atoms with Gasteiger partial charge in [-0.25, -0.2) is 0 Å². The van der Waals surface area contributed by atoms with Gasteiger partial charge in [0, 0.05) is 30.1 Å². The molecule has 4 rings (SSSR count). The molecule has 6 N–H and O–H groups in total. The number of hydrogen-bond acceptors (Lipinski definition) is 6. The Labute approximate surface area is 256 Å². The summed E-state index contributed by atoms with van der Waals surface area (Å²) in [5.41, 5.74) is 1.64. The zero-order valence-electron chi connectivity index (χ0n) is 25.9. The van der Waals surface area contributed by atoms with Crippen molar-refractivity contribution in [1.82, 2.24) is 36.5 Å². The molecule has 0 saturated carbocycles. The van der Waals surface area contributed by atoms with Crippen molar-refractivity contribution in [2.75, 3.05) is 13.1 Å². The van der Waals surface area contributed by atoms with E-state index < -0.39 is 72.2 Å². The van der Waals surface area contributed by atoms with Crippen LogP contribution in [0, 0.1) is 11.8 Å². The first-order valence-corrected chi connectivity index (χ1v) is 15.2. The normalized spacial score (nSPS) is 26.4. The third-order valence-electron chi connectivity index (χ3n) is 8.24. The third kappa shape index (κ3) is 7.37. The average Bonchev–Trinajstić information content (AvgIpc) is 3.63. The predicted octanol–water partition coefficient (Wildman–Crippen LogP) is 0.102. The third-order valence-corrected chi connectivity index (χ3v) is 8.24. The summed E-state index contributed by atoms with van der Waals surface area (Å²) in [5.74, 6) is -3.85. The fourth-order valence-corrected chi connectivity index (χ4v) is 5.70. The molecule has 0 unspecified atom stereocenters. The molecule has 2 aromatic rings. The Kier molecular flexibility index (Phi) is 10.3. The van der Waals surface area contributed by atoms with Gasteiger partial charge in [0.1, 0.15) is 30.2 Å². The number of carbonyl (C=O) groups is 6. The highest BCUT2D eigenvalue weighted by Gasteiger charge is 2.40. The molecule has 13 nitrogen and oxygen atoms in total. The highest BCUT2D eigenvalue weighted by molar-refractivity contribution is 5.98. The SMILES string of the molecule is CC(C)[C@@H]1NC(=O)[C@H]2CCCN2C(=O)[C@H](C(C)C)NC(=O)CNC(=O)[C@H](C)NC(=O)[C@H](Cc2c[nH]c3ccccc23)NC1=O. The number of benzene rings is 1. The highest BCUT2D eigenvalue weighted by atomic mass is 16.2. The van der Waals surface area contributed by atoms with Crippen molar-refractivity contribution >= 4 is 46.3 Å². The maximum Gasteiger partial charge on any atom is 0.246 e. The number of para-hydroxylation sites is 1. The van der Waals surface area contributed by atoms with E-state index in [1.165, 1.54) is 11.8 Å². The number of rotatable bonds is 4. The van der Waals surface area contributed by atoms with Crippen molar-refractivity contribution in [2.24, 2.45) is 11.8 Å². The Morgan fingerprint density at radius 1 is 0.818 bits per heavy atom. The molecule has 2 aliphatic rings. The molecule has 0 radical (unpaired) electrons. The number of amides is 6. The molecule has 44 heavy (non-hydrogen) atoms. The second-order valence-corrected chi connectivity index (χ2v) is 12.3. The van der Waals surface area contributed by atoms with Gasteiger partial charge >= 0.3 is 0 Å². The van der Waals surface area contributed by atoms with Gasteiger partial charge in [0.05, 0.1) is 6.54 Å². The van der Waals surface area contributed by atoms with E-state index in [0.717, 1.165) is 16.5 Å². The molecule has 0 bridgehead atoms. The average molecular weight is 610 g/mol. The van der Waals surface area contributed by atoms with Crippen LogP contribution < -0.4 is 26.6 Å². The minimum atomic E-state index is -1.09. The molecular formula is C31H43N7O6. The number of hydrogen-bond donors (Lipinski definition) is 6. The lowest BCUT2D eigenvalue weighted by Gasteiger charge is -2.32. The van der Waals surface area contributed by atoms with Crippen LogP contribution in [0.3, 0.4) is 0 Å². The van der Waals surface area contributed by atoms with E-state index in [4.69, 9.17) is 0 Å². The Morgan fingerprint density at radius 3 is 2.23 bits per heavy atom. The quantitative estimate of drug-likeness (QED) is 0.286. The maximum absolute atomic E-state index is 13.7. The molecule has 3 heterocycles. The first-order chi connectivity index (χ1) is 20.9. The number of nitrogens with zero attached hydrogens (tertiary/aromatic N) is 1. The van der Waals surface area contributed by atoms with Crippen LogP contribution in [-0.4, -0.2) is 88.6 Å². The van der Waals surface area contributed by atoms with Gasteiger partial charge in [0.15, 0.2) is 0 Å². The van der Waals surface area contributed by atoms with Gasteiger partial charge in [-0.2, -0.15) is 0 Å². The van der Waals surface area contributed by atoms with E-state index in [0.29, 0.717) is 19.4 Å². The van der Waals surface area contributed by atoms with Gasteiger partial charge in [-0.1, -0.05) is 45.9 Å². The van der Waals surface area contributed by atoms with Crippen molar-refractivity contribution < 1.29 is 28.8 Å². The molecule has 238 valence electrons. The standard InChI is InChI=1S/C31H43N7O6/c1-16(2)25-30(43)35-22(13-19-14-32-21-10-7-6-9-20(19)21)28(41)34-18(5)27(40)33-15-24(39)36-26(17(3)4)31(44)38-12-8-11-23(38)29(42)37-25/h6-7,9-10,14,16-18,22-23,25-26,32H,8,11-13,15H2,1-5H3,(H,33,40)(H,34,41)(H,35,43)(H,36,39)(H,37,42)/t18-,22-,23+,25-,26-/m0/s1. The molecule has 2 fully saturated rings. The Bertz CT molecular complexity index is 1420. The lowest BCUT2D eigenvalue weighted by molar-refractivity contribution is -0.143. The van der Waals surface area contributed by atoms with Crippen molar-refractivity contribution in [3.63, 3.8) is 0 Å². The molecule has 1 aromatic carbocycles. The van der Waals surface area contributed by atoms with Crippen LogP contribution in [0.15, 0.2) is 30.5 Å². The fourth-order valence-electron chi connectivity index (χ4n) is 5.70. The van der Waals surface area contributed by atoms with E-state index in [1.807, 2.05) is 24.3 Å². The molecule has 0 aliphatic carbocycles. The summed E-state index contributed by atoms with van der Waals surface area (Å²) in [5, 5.41) is 14.3. The smallest absolute Gasteiger partial charge is 0.246 e. The number of nitrogens with one attached hydrogen (secondary N) is 6. The number of aromatic amines is 1. The summed E-state index contributed by atoms with van der Waals surface area (Å²) >= 11 is 0. The van der Waals surface area contributed by atoms with Gasteiger partial charge in [-0.15, -0.1) is 0 Å². The van der Waals surface area contributed by atoms with Crippen molar-refractivity contribution in [3.8, 4) is 0 Å². The van der Waals surface area contributed by atoms with Crippen LogP contribution in [-0.2, 0) is 35.2 Å². The van der Waals surface area contributed by atoms with Crippen molar-refractivity contribution in [3.05, 3.63) is 36.0 Å². The molecule has 2 aliphatic heterocycles. The number of fused-ring (bicyclic) bond motifs is 2. The van der Waals surface area contributed by atoms with E-state index in [9.17, 15) is 28.8 Å². The predicted molar refractivity (Wildman–Crippen MR) is 163 cm³/mol. The summed E-state index contributed by atoms with van der Waals surface area (Å²) in [6.45, 7) is 8.50. The molecule has 13 heteroatoms. The van der Waals surface area contributed by atoms with Crippen molar-refractivity contribution in [2.45, 2.75) is 84.1 Å². The first kappa shape index (κ1) is 32.5. The summed E-state index contributed by atoms with van der Waals surface area (Å²) in [6, 6.07) is 2.68. The molecule has 2 saturated heterocycles. The van der Waals surface area contributed by atoms with Gasteiger partial charge < -0.3 is 36.5 Å². The van der Waals surface area contributed by atoms with E-state index in [-0.39, 0.29) is 18.3 Å². The maximum atomic E-state index is 13.7.